The maximum Gasteiger partial charge on any atom is 0.305 e. The van der Waals surface area contributed by atoms with E-state index in [4.69, 9.17) is 4.74 Å². The number of ether oxygens (including phenoxy) is 1. The summed E-state index contributed by atoms with van der Waals surface area (Å²) < 4.78 is 6.28. The standard InChI is InChI=1S/C21H28O3S2/c1-2-20(22)24-14-10-6-4-3-5-7-11-15-25-19-16-21(23)26-18-13-9-8-12-17(18)19/h8-9,12-13,16H,2-7,10-11,14-15H2,1H3. The minimum atomic E-state index is -0.0986. The molecule has 0 radical (unpaired) electrons. The van der Waals surface area contributed by atoms with E-state index in [1.165, 1.54) is 48.8 Å². The molecule has 0 aliphatic carbocycles. The zero-order valence-electron chi connectivity index (χ0n) is 15.5. The first kappa shape index (κ1) is 21.0. The average Bonchev–Trinajstić information content (AvgIpc) is 2.65. The van der Waals surface area contributed by atoms with Crippen LogP contribution in [0.1, 0.15) is 58.3 Å². The first-order valence-electron chi connectivity index (χ1n) is 9.52. The van der Waals surface area contributed by atoms with Crippen molar-refractivity contribution in [1.82, 2.24) is 0 Å². The van der Waals surface area contributed by atoms with E-state index >= 15 is 0 Å². The van der Waals surface area contributed by atoms with Crippen molar-refractivity contribution < 1.29 is 9.53 Å². The first-order valence-corrected chi connectivity index (χ1v) is 11.3. The van der Waals surface area contributed by atoms with E-state index in [0.717, 1.165) is 28.2 Å². The van der Waals surface area contributed by atoms with E-state index in [1.807, 2.05) is 25.1 Å². The van der Waals surface area contributed by atoms with Gasteiger partial charge in [-0.1, -0.05) is 68.6 Å². The SMILES string of the molecule is CCC(=O)OCCCCCCCCCSc1cc(=O)sc2ccccc12. The van der Waals surface area contributed by atoms with E-state index in [0.29, 0.717) is 13.0 Å². The summed E-state index contributed by atoms with van der Waals surface area (Å²) in [5.41, 5.74) is 0. The first-order chi connectivity index (χ1) is 12.7. The Morgan fingerprint density at radius 2 is 1.73 bits per heavy atom. The molecule has 142 valence electrons. The molecule has 0 amide bonds. The maximum atomic E-state index is 11.8. The number of esters is 1. The number of hydrogen-bond acceptors (Lipinski definition) is 5. The molecule has 0 saturated heterocycles. The summed E-state index contributed by atoms with van der Waals surface area (Å²) in [5, 5.41) is 1.20. The van der Waals surface area contributed by atoms with Crippen LogP contribution in [-0.2, 0) is 9.53 Å². The summed E-state index contributed by atoms with van der Waals surface area (Å²) in [6, 6.07) is 9.93. The molecule has 1 heterocycles. The van der Waals surface area contributed by atoms with E-state index in [9.17, 15) is 9.59 Å². The number of carbonyl (C=O) groups is 1. The fourth-order valence-corrected chi connectivity index (χ4v) is 4.82. The summed E-state index contributed by atoms with van der Waals surface area (Å²) in [5.74, 6) is 0.962. The van der Waals surface area contributed by atoms with Gasteiger partial charge in [0.1, 0.15) is 0 Å². The Labute approximate surface area is 164 Å². The van der Waals surface area contributed by atoms with Gasteiger partial charge < -0.3 is 4.74 Å². The van der Waals surface area contributed by atoms with Crippen molar-refractivity contribution in [1.29, 1.82) is 0 Å². The Kier molecular flexibility index (Phi) is 9.78. The number of hydrogen-bond donors (Lipinski definition) is 0. The number of rotatable bonds is 12. The molecule has 0 fully saturated rings. The highest BCUT2D eigenvalue weighted by Crippen LogP contribution is 2.29. The van der Waals surface area contributed by atoms with Crippen LogP contribution in [0, 0.1) is 0 Å². The van der Waals surface area contributed by atoms with Crippen LogP contribution in [0.4, 0.5) is 0 Å². The van der Waals surface area contributed by atoms with Gasteiger partial charge in [0.2, 0.25) is 4.74 Å². The molecule has 0 aliphatic heterocycles. The molecule has 2 rings (SSSR count). The molecule has 1 aromatic heterocycles. The van der Waals surface area contributed by atoms with Crippen molar-refractivity contribution >= 4 is 39.2 Å². The zero-order valence-corrected chi connectivity index (χ0v) is 17.1. The average molecular weight is 393 g/mol. The molecule has 0 atom stereocenters. The number of benzene rings is 1. The molecule has 0 unspecified atom stereocenters. The zero-order chi connectivity index (χ0) is 18.6. The molecule has 5 heteroatoms. The van der Waals surface area contributed by atoms with Gasteiger partial charge in [-0.3, -0.25) is 9.59 Å². The Morgan fingerprint density at radius 3 is 2.50 bits per heavy atom. The van der Waals surface area contributed by atoms with Gasteiger partial charge in [-0.25, -0.2) is 0 Å². The van der Waals surface area contributed by atoms with E-state index < -0.39 is 0 Å². The van der Waals surface area contributed by atoms with Crippen LogP contribution in [0.5, 0.6) is 0 Å². The second-order valence-corrected chi connectivity index (χ2v) is 8.51. The van der Waals surface area contributed by atoms with Crippen molar-refractivity contribution in [2.24, 2.45) is 0 Å². The topological polar surface area (TPSA) is 43.4 Å². The van der Waals surface area contributed by atoms with Gasteiger partial charge in [0.25, 0.3) is 0 Å². The molecule has 0 spiro atoms. The third-order valence-electron chi connectivity index (χ3n) is 4.21. The maximum absolute atomic E-state index is 11.8. The van der Waals surface area contributed by atoms with Gasteiger partial charge in [0, 0.05) is 27.5 Å². The predicted octanol–water partition coefficient (Wildman–Crippen LogP) is 6.04. The molecular formula is C21H28O3S2. The van der Waals surface area contributed by atoms with Crippen LogP contribution in [-0.4, -0.2) is 18.3 Å². The van der Waals surface area contributed by atoms with E-state index in [1.54, 1.807) is 17.8 Å². The largest absolute Gasteiger partial charge is 0.466 e. The molecule has 0 bridgehead atoms. The Morgan fingerprint density at radius 1 is 1.04 bits per heavy atom. The summed E-state index contributed by atoms with van der Waals surface area (Å²) >= 11 is 3.12. The molecule has 2 aromatic rings. The van der Waals surface area contributed by atoms with Gasteiger partial charge in [0.05, 0.1) is 6.61 Å². The molecule has 26 heavy (non-hydrogen) atoms. The van der Waals surface area contributed by atoms with Crippen LogP contribution in [0.15, 0.2) is 40.0 Å². The molecule has 0 saturated carbocycles. The van der Waals surface area contributed by atoms with Crippen molar-refractivity contribution in [3.05, 3.63) is 39.9 Å². The van der Waals surface area contributed by atoms with Gasteiger partial charge in [-0.05, 0) is 24.7 Å². The smallest absolute Gasteiger partial charge is 0.305 e. The highest BCUT2D eigenvalue weighted by molar-refractivity contribution is 7.99. The minimum absolute atomic E-state index is 0.0986. The van der Waals surface area contributed by atoms with Crippen LogP contribution >= 0.6 is 23.1 Å². The third-order valence-corrected chi connectivity index (χ3v) is 6.25. The lowest BCUT2D eigenvalue weighted by molar-refractivity contribution is -0.143. The Balaban J connectivity index is 1.55. The quantitative estimate of drug-likeness (QED) is 0.251. The van der Waals surface area contributed by atoms with Crippen LogP contribution in [0.2, 0.25) is 0 Å². The van der Waals surface area contributed by atoms with Crippen molar-refractivity contribution in [3.63, 3.8) is 0 Å². The lowest BCUT2D eigenvalue weighted by atomic mass is 10.1. The number of unbranched alkanes of at least 4 members (excludes halogenated alkanes) is 6. The van der Waals surface area contributed by atoms with Gasteiger partial charge >= 0.3 is 5.97 Å². The molecule has 1 aromatic carbocycles. The third kappa shape index (κ3) is 7.50. The fraction of sp³-hybridized carbons (Fsp3) is 0.524. The molecule has 0 aliphatic rings. The van der Waals surface area contributed by atoms with Gasteiger partial charge in [-0.2, -0.15) is 0 Å². The number of carbonyl (C=O) groups excluding carboxylic acids is 1. The fourth-order valence-electron chi connectivity index (χ4n) is 2.76. The van der Waals surface area contributed by atoms with Crippen molar-refractivity contribution in [2.45, 2.75) is 63.2 Å². The molecule has 3 nitrogen and oxygen atoms in total. The minimum Gasteiger partial charge on any atom is -0.466 e. The van der Waals surface area contributed by atoms with E-state index in [-0.39, 0.29) is 10.7 Å². The Bertz CT molecular complexity index is 739. The monoisotopic (exact) mass is 392 g/mol. The van der Waals surface area contributed by atoms with Crippen LogP contribution in [0.25, 0.3) is 10.1 Å². The molecule has 0 N–H and O–H groups in total. The summed E-state index contributed by atoms with van der Waals surface area (Å²) in [6.45, 7) is 2.39. The lowest BCUT2D eigenvalue weighted by Gasteiger charge is -2.06. The second-order valence-electron chi connectivity index (χ2n) is 6.32. The van der Waals surface area contributed by atoms with Crippen molar-refractivity contribution in [2.75, 3.05) is 12.4 Å². The van der Waals surface area contributed by atoms with Crippen LogP contribution < -0.4 is 4.74 Å². The normalized spacial score (nSPS) is 11.0. The Hall–Kier alpha value is -1.33. The number of fused-ring (bicyclic) bond motifs is 1. The summed E-state index contributed by atoms with van der Waals surface area (Å²) in [6.07, 6.45) is 8.69. The highest BCUT2D eigenvalue weighted by atomic mass is 32.2. The van der Waals surface area contributed by atoms with Crippen molar-refractivity contribution in [3.8, 4) is 0 Å². The summed E-state index contributed by atoms with van der Waals surface area (Å²) in [7, 11) is 0. The van der Waals surface area contributed by atoms with Gasteiger partial charge in [-0.15, -0.1) is 11.8 Å². The van der Waals surface area contributed by atoms with Crippen LogP contribution in [0.3, 0.4) is 0 Å². The van der Waals surface area contributed by atoms with Gasteiger partial charge in [0.15, 0.2) is 0 Å². The summed E-state index contributed by atoms with van der Waals surface area (Å²) in [4.78, 5) is 23.9. The number of thioether (sulfide) groups is 1. The lowest BCUT2D eigenvalue weighted by Crippen LogP contribution is -2.03. The predicted molar refractivity (Wildman–Crippen MR) is 112 cm³/mol. The second kappa shape index (κ2) is 12.1. The molecular weight excluding hydrogens is 364 g/mol. The van der Waals surface area contributed by atoms with E-state index in [2.05, 4.69) is 6.07 Å². The highest BCUT2D eigenvalue weighted by Gasteiger charge is 2.04.